The van der Waals surface area contributed by atoms with Gasteiger partial charge < -0.3 is 4.57 Å². The minimum atomic E-state index is -0.390. The highest BCUT2D eigenvalue weighted by molar-refractivity contribution is 6.30. The molecule has 2 nitrogen and oxygen atoms in total. The molecule has 0 fully saturated rings. The van der Waals surface area contributed by atoms with E-state index in [0.717, 1.165) is 0 Å². The van der Waals surface area contributed by atoms with E-state index in [4.69, 9.17) is 23.2 Å². The summed E-state index contributed by atoms with van der Waals surface area (Å²) in [6, 6.07) is 4.94. The molecule has 84 valence electrons. The fourth-order valence-electron chi connectivity index (χ4n) is 1.47. The first-order valence-corrected chi connectivity index (χ1v) is 5.62. The second-order valence-electron chi connectivity index (χ2n) is 3.32. The Bertz CT molecular complexity index is 496. The Hall–Kier alpha value is -1.06. The number of benzene rings is 1. The molecule has 0 saturated heterocycles. The predicted octanol–water partition coefficient (Wildman–Crippen LogP) is 3.46. The Balaban J connectivity index is 2.30. The van der Waals surface area contributed by atoms with Gasteiger partial charge in [0.15, 0.2) is 0 Å². The monoisotopic (exact) mass is 258 g/mol. The highest BCUT2D eigenvalue weighted by Crippen LogP contribution is 2.19. The molecule has 2 rings (SSSR count). The number of rotatable bonds is 3. The second kappa shape index (κ2) is 4.85. The van der Waals surface area contributed by atoms with E-state index in [1.165, 1.54) is 6.07 Å². The van der Waals surface area contributed by atoms with Crippen molar-refractivity contribution in [2.45, 2.75) is 12.4 Å². The molecule has 0 saturated carbocycles. The number of alkyl halides is 1. The van der Waals surface area contributed by atoms with Gasteiger partial charge in [-0.1, -0.05) is 23.7 Å². The Morgan fingerprint density at radius 3 is 2.94 bits per heavy atom. The van der Waals surface area contributed by atoms with Gasteiger partial charge in [-0.3, -0.25) is 0 Å². The van der Waals surface area contributed by atoms with Crippen molar-refractivity contribution < 1.29 is 4.39 Å². The van der Waals surface area contributed by atoms with Crippen LogP contribution in [0.25, 0.3) is 0 Å². The Morgan fingerprint density at radius 1 is 1.38 bits per heavy atom. The standard InChI is InChI=1S/C11H9Cl2FN2/c12-6-10-15-4-5-16(10)7-8-2-1-3-9(13)11(8)14/h1-5H,6-7H2. The van der Waals surface area contributed by atoms with Crippen molar-refractivity contribution in [2.75, 3.05) is 0 Å². The summed E-state index contributed by atoms with van der Waals surface area (Å²) in [5.41, 5.74) is 0.525. The van der Waals surface area contributed by atoms with Crippen LogP contribution in [0.15, 0.2) is 30.6 Å². The van der Waals surface area contributed by atoms with Gasteiger partial charge in [0.05, 0.1) is 17.4 Å². The van der Waals surface area contributed by atoms with Crippen molar-refractivity contribution in [1.82, 2.24) is 9.55 Å². The summed E-state index contributed by atoms with van der Waals surface area (Å²) in [5, 5.41) is 0.130. The van der Waals surface area contributed by atoms with Crippen molar-refractivity contribution >= 4 is 23.2 Å². The third kappa shape index (κ3) is 2.20. The summed E-state index contributed by atoms with van der Waals surface area (Å²) in [7, 11) is 0. The van der Waals surface area contributed by atoms with Crippen LogP contribution in [0.2, 0.25) is 5.02 Å². The van der Waals surface area contributed by atoms with Gasteiger partial charge in [0.25, 0.3) is 0 Å². The van der Waals surface area contributed by atoms with Gasteiger partial charge in [-0.25, -0.2) is 9.37 Å². The maximum atomic E-state index is 13.6. The van der Waals surface area contributed by atoms with Gasteiger partial charge in [0, 0.05) is 18.0 Å². The molecule has 0 aliphatic carbocycles. The summed E-state index contributed by atoms with van der Waals surface area (Å²) < 4.78 is 15.4. The topological polar surface area (TPSA) is 17.8 Å². The van der Waals surface area contributed by atoms with Gasteiger partial charge >= 0.3 is 0 Å². The molecule has 0 radical (unpaired) electrons. The third-order valence-electron chi connectivity index (χ3n) is 2.29. The quantitative estimate of drug-likeness (QED) is 0.772. The van der Waals surface area contributed by atoms with Crippen molar-refractivity contribution in [3.05, 3.63) is 52.8 Å². The zero-order chi connectivity index (χ0) is 11.5. The van der Waals surface area contributed by atoms with Crippen LogP contribution in [0, 0.1) is 5.82 Å². The van der Waals surface area contributed by atoms with Gasteiger partial charge in [0.2, 0.25) is 0 Å². The Kier molecular flexibility index (Phi) is 3.46. The molecule has 0 spiro atoms. The van der Waals surface area contributed by atoms with Gasteiger partial charge in [-0.2, -0.15) is 0 Å². The summed E-state index contributed by atoms with van der Waals surface area (Å²) >= 11 is 11.4. The van der Waals surface area contributed by atoms with E-state index in [9.17, 15) is 4.39 Å². The van der Waals surface area contributed by atoms with Gasteiger partial charge in [0.1, 0.15) is 11.6 Å². The fraction of sp³-hybridized carbons (Fsp3) is 0.182. The predicted molar refractivity (Wildman–Crippen MR) is 62.3 cm³/mol. The fourth-order valence-corrected chi connectivity index (χ4v) is 1.89. The van der Waals surface area contributed by atoms with Crippen LogP contribution in [-0.4, -0.2) is 9.55 Å². The number of hydrogen-bond donors (Lipinski definition) is 0. The molecule has 0 amide bonds. The lowest BCUT2D eigenvalue weighted by Gasteiger charge is -2.07. The molecule has 0 N–H and O–H groups in total. The van der Waals surface area contributed by atoms with Crippen LogP contribution in [0.5, 0.6) is 0 Å². The van der Waals surface area contributed by atoms with E-state index in [0.29, 0.717) is 23.8 Å². The van der Waals surface area contributed by atoms with Crippen LogP contribution in [0.1, 0.15) is 11.4 Å². The van der Waals surface area contributed by atoms with E-state index >= 15 is 0 Å². The zero-order valence-electron chi connectivity index (χ0n) is 8.33. The van der Waals surface area contributed by atoms with Crippen molar-refractivity contribution in [1.29, 1.82) is 0 Å². The molecule has 1 aromatic carbocycles. The van der Waals surface area contributed by atoms with E-state index in [2.05, 4.69) is 4.98 Å². The number of aromatic nitrogens is 2. The van der Waals surface area contributed by atoms with Crippen LogP contribution in [0.4, 0.5) is 4.39 Å². The van der Waals surface area contributed by atoms with E-state index in [1.54, 1.807) is 29.1 Å². The summed E-state index contributed by atoms with van der Waals surface area (Å²) in [4.78, 5) is 4.06. The second-order valence-corrected chi connectivity index (χ2v) is 3.99. The molecule has 0 unspecified atom stereocenters. The molecule has 2 aromatic rings. The molecule has 0 aliphatic heterocycles. The normalized spacial score (nSPS) is 10.7. The first-order valence-electron chi connectivity index (χ1n) is 4.71. The lowest BCUT2D eigenvalue weighted by molar-refractivity contribution is 0.597. The summed E-state index contributed by atoms with van der Waals surface area (Å²) in [6.45, 7) is 0.383. The van der Waals surface area contributed by atoms with Crippen LogP contribution < -0.4 is 0 Å². The van der Waals surface area contributed by atoms with Crippen molar-refractivity contribution in [3.63, 3.8) is 0 Å². The van der Waals surface area contributed by atoms with Gasteiger partial charge in [-0.05, 0) is 6.07 Å². The SMILES string of the molecule is Fc1c(Cl)cccc1Cn1ccnc1CCl. The Morgan fingerprint density at radius 2 is 2.19 bits per heavy atom. The van der Waals surface area contributed by atoms with Crippen molar-refractivity contribution in [3.8, 4) is 0 Å². The maximum Gasteiger partial charge on any atom is 0.146 e. The average molecular weight is 259 g/mol. The maximum absolute atomic E-state index is 13.6. The molecular weight excluding hydrogens is 250 g/mol. The smallest absolute Gasteiger partial charge is 0.146 e. The van der Waals surface area contributed by atoms with E-state index < -0.39 is 5.82 Å². The largest absolute Gasteiger partial charge is 0.329 e. The molecule has 1 heterocycles. The number of imidazole rings is 1. The molecule has 0 aliphatic rings. The van der Waals surface area contributed by atoms with Crippen molar-refractivity contribution in [2.24, 2.45) is 0 Å². The molecular formula is C11H9Cl2FN2. The Labute approximate surface area is 103 Å². The average Bonchev–Trinajstić information content (AvgIpc) is 2.72. The molecule has 0 atom stereocenters. The molecule has 16 heavy (non-hydrogen) atoms. The summed E-state index contributed by atoms with van der Waals surface area (Å²) in [5.74, 6) is 0.620. The van der Waals surface area contributed by atoms with E-state index in [1.807, 2.05) is 0 Å². The minimum absolute atomic E-state index is 0.130. The molecule has 0 bridgehead atoms. The third-order valence-corrected chi connectivity index (χ3v) is 2.82. The minimum Gasteiger partial charge on any atom is -0.329 e. The van der Waals surface area contributed by atoms with E-state index in [-0.39, 0.29) is 5.02 Å². The van der Waals surface area contributed by atoms with Crippen LogP contribution in [-0.2, 0) is 12.4 Å². The lowest BCUT2D eigenvalue weighted by atomic mass is 10.2. The van der Waals surface area contributed by atoms with Gasteiger partial charge in [-0.15, -0.1) is 11.6 Å². The lowest BCUT2D eigenvalue weighted by Crippen LogP contribution is -2.04. The molecule has 5 heteroatoms. The molecule has 1 aromatic heterocycles. The van der Waals surface area contributed by atoms with Crippen LogP contribution >= 0.6 is 23.2 Å². The first kappa shape index (κ1) is 11.4. The number of nitrogens with zero attached hydrogens (tertiary/aromatic N) is 2. The highest BCUT2D eigenvalue weighted by atomic mass is 35.5. The summed E-state index contributed by atoms with van der Waals surface area (Å²) in [6.07, 6.45) is 3.40. The number of halogens is 3. The zero-order valence-corrected chi connectivity index (χ0v) is 9.84. The van der Waals surface area contributed by atoms with Crippen LogP contribution in [0.3, 0.4) is 0 Å². The first-order chi connectivity index (χ1) is 7.72. The highest BCUT2D eigenvalue weighted by Gasteiger charge is 2.08. The number of hydrogen-bond acceptors (Lipinski definition) is 1.